The fraction of sp³-hybridized carbons (Fsp3) is 0.941. The van der Waals surface area contributed by atoms with Gasteiger partial charge in [0.15, 0.2) is 5.96 Å². The smallest absolute Gasteiger partial charge is 0.191 e. The number of likely N-dealkylation sites (tertiary alicyclic amines) is 1. The Morgan fingerprint density at radius 2 is 1.96 bits per heavy atom. The lowest BCUT2D eigenvalue weighted by atomic mass is 10.0. The number of thioether (sulfide) groups is 1. The standard InChI is InChI=1S/C17H32N4S.HI/c1-3-18-17(19-11-14-6-8-22-9-7-14)20-15-10-13(2)21(12-15)16-4-5-16;/h13-16H,3-12H2,1-2H3,(H2,18,19,20);1H. The Labute approximate surface area is 163 Å². The minimum atomic E-state index is 0. The molecule has 2 unspecified atom stereocenters. The van der Waals surface area contributed by atoms with E-state index >= 15 is 0 Å². The third-order valence-corrected chi connectivity index (χ3v) is 6.22. The highest BCUT2D eigenvalue weighted by Crippen LogP contribution is 2.33. The summed E-state index contributed by atoms with van der Waals surface area (Å²) in [5, 5.41) is 7.13. The molecule has 1 saturated carbocycles. The molecule has 2 heterocycles. The largest absolute Gasteiger partial charge is 0.357 e. The molecule has 0 amide bonds. The topological polar surface area (TPSA) is 39.7 Å². The first-order valence-electron chi connectivity index (χ1n) is 9.14. The second kappa shape index (κ2) is 9.70. The second-order valence-electron chi connectivity index (χ2n) is 7.13. The Kier molecular flexibility index (Phi) is 8.28. The molecule has 6 heteroatoms. The Morgan fingerprint density at radius 3 is 2.61 bits per heavy atom. The fourth-order valence-corrected chi connectivity index (χ4v) is 4.94. The van der Waals surface area contributed by atoms with E-state index in [2.05, 4.69) is 41.1 Å². The normalized spacial score (nSPS) is 30.1. The average molecular weight is 452 g/mol. The van der Waals surface area contributed by atoms with Gasteiger partial charge in [0, 0.05) is 37.8 Å². The van der Waals surface area contributed by atoms with Gasteiger partial charge in [-0.05, 0) is 63.4 Å². The van der Waals surface area contributed by atoms with Crippen LogP contribution in [0.3, 0.4) is 0 Å². The first-order chi connectivity index (χ1) is 10.8. The van der Waals surface area contributed by atoms with Crippen molar-refractivity contribution in [1.29, 1.82) is 0 Å². The molecule has 3 rings (SSSR count). The van der Waals surface area contributed by atoms with Crippen LogP contribution >= 0.6 is 35.7 Å². The molecule has 2 saturated heterocycles. The molecule has 1 aliphatic carbocycles. The molecule has 3 fully saturated rings. The third-order valence-electron chi connectivity index (χ3n) is 5.17. The van der Waals surface area contributed by atoms with E-state index in [4.69, 9.17) is 4.99 Å². The van der Waals surface area contributed by atoms with E-state index in [1.54, 1.807) is 0 Å². The van der Waals surface area contributed by atoms with E-state index in [1.165, 1.54) is 50.2 Å². The van der Waals surface area contributed by atoms with Gasteiger partial charge in [-0.1, -0.05) is 0 Å². The molecule has 2 N–H and O–H groups in total. The molecule has 3 aliphatic rings. The van der Waals surface area contributed by atoms with Crippen molar-refractivity contribution in [3.05, 3.63) is 0 Å². The van der Waals surface area contributed by atoms with E-state index in [-0.39, 0.29) is 24.0 Å². The maximum atomic E-state index is 4.88. The van der Waals surface area contributed by atoms with Gasteiger partial charge in [-0.3, -0.25) is 9.89 Å². The van der Waals surface area contributed by atoms with Gasteiger partial charge in [-0.15, -0.1) is 24.0 Å². The summed E-state index contributed by atoms with van der Waals surface area (Å²) >= 11 is 2.09. The zero-order chi connectivity index (χ0) is 15.4. The fourth-order valence-electron chi connectivity index (χ4n) is 3.74. The molecule has 0 aromatic heterocycles. The van der Waals surface area contributed by atoms with Crippen LogP contribution in [0.2, 0.25) is 0 Å². The Bertz CT molecular complexity index is 383. The van der Waals surface area contributed by atoms with Gasteiger partial charge in [0.25, 0.3) is 0 Å². The molecule has 23 heavy (non-hydrogen) atoms. The maximum Gasteiger partial charge on any atom is 0.191 e. The predicted octanol–water partition coefficient (Wildman–Crippen LogP) is 2.93. The van der Waals surface area contributed by atoms with Crippen LogP contribution in [-0.2, 0) is 0 Å². The lowest BCUT2D eigenvalue weighted by molar-refractivity contribution is 0.256. The summed E-state index contributed by atoms with van der Waals surface area (Å²) in [7, 11) is 0. The Morgan fingerprint density at radius 1 is 1.22 bits per heavy atom. The van der Waals surface area contributed by atoms with Crippen molar-refractivity contribution in [2.75, 3.05) is 31.1 Å². The van der Waals surface area contributed by atoms with Crippen molar-refractivity contribution < 1.29 is 0 Å². The number of guanidine groups is 1. The van der Waals surface area contributed by atoms with E-state index in [9.17, 15) is 0 Å². The summed E-state index contributed by atoms with van der Waals surface area (Å²) in [6, 6.07) is 2.17. The minimum absolute atomic E-state index is 0. The van der Waals surface area contributed by atoms with Crippen LogP contribution in [0.1, 0.15) is 46.0 Å². The first-order valence-corrected chi connectivity index (χ1v) is 10.3. The van der Waals surface area contributed by atoms with Crippen LogP contribution in [0.25, 0.3) is 0 Å². The Hall–Kier alpha value is 0.310. The number of rotatable bonds is 5. The zero-order valence-electron chi connectivity index (χ0n) is 14.6. The van der Waals surface area contributed by atoms with E-state index in [0.29, 0.717) is 6.04 Å². The molecule has 0 aromatic rings. The molecule has 2 atom stereocenters. The molecule has 4 nitrogen and oxygen atoms in total. The van der Waals surface area contributed by atoms with E-state index < -0.39 is 0 Å². The van der Waals surface area contributed by atoms with Crippen molar-refractivity contribution in [2.24, 2.45) is 10.9 Å². The molecule has 2 aliphatic heterocycles. The number of hydrogen-bond acceptors (Lipinski definition) is 3. The van der Waals surface area contributed by atoms with Gasteiger partial charge < -0.3 is 10.6 Å². The van der Waals surface area contributed by atoms with Crippen molar-refractivity contribution >= 4 is 41.7 Å². The minimum Gasteiger partial charge on any atom is -0.357 e. The Balaban J connectivity index is 0.00000192. The van der Waals surface area contributed by atoms with Gasteiger partial charge in [0.2, 0.25) is 0 Å². The highest BCUT2D eigenvalue weighted by atomic mass is 127. The van der Waals surface area contributed by atoms with Crippen LogP contribution in [0.4, 0.5) is 0 Å². The monoisotopic (exact) mass is 452 g/mol. The molecule has 0 bridgehead atoms. The summed E-state index contributed by atoms with van der Waals surface area (Å²) in [4.78, 5) is 7.57. The lowest BCUT2D eigenvalue weighted by Gasteiger charge is -2.22. The molecular formula is C17H33IN4S. The lowest BCUT2D eigenvalue weighted by Crippen LogP contribution is -2.45. The highest BCUT2D eigenvalue weighted by Gasteiger charge is 2.38. The highest BCUT2D eigenvalue weighted by molar-refractivity contribution is 14.0. The number of aliphatic imine (C=N–C) groups is 1. The van der Waals surface area contributed by atoms with Crippen molar-refractivity contribution in [3.63, 3.8) is 0 Å². The maximum absolute atomic E-state index is 4.88. The summed E-state index contributed by atoms with van der Waals surface area (Å²) in [6.07, 6.45) is 6.74. The van der Waals surface area contributed by atoms with Crippen LogP contribution in [-0.4, -0.2) is 60.1 Å². The van der Waals surface area contributed by atoms with Gasteiger partial charge in [-0.25, -0.2) is 0 Å². The zero-order valence-corrected chi connectivity index (χ0v) is 17.7. The van der Waals surface area contributed by atoms with Gasteiger partial charge >= 0.3 is 0 Å². The number of nitrogens with zero attached hydrogens (tertiary/aromatic N) is 2. The van der Waals surface area contributed by atoms with Crippen molar-refractivity contribution in [1.82, 2.24) is 15.5 Å². The molecule has 0 aromatic carbocycles. The summed E-state index contributed by atoms with van der Waals surface area (Å²) in [5.41, 5.74) is 0. The number of halogens is 1. The summed E-state index contributed by atoms with van der Waals surface area (Å²) in [5.74, 6) is 4.47. The second-order valence-corrected chi connectivity index (χ2v) is 8.35. The van der Waals surface area contributed by atoms with E-state index in [1.807, 2.05) is 0 Å². The summed E-state index contributed by atoms with van der Waals surface area (Å²) < 4.78 is 0. The number of nitrogens with one attached hydrogen (secondary N) is 2. The van der Waals surface area contributed by atoms with Gasteiger partial charge in [-0.2, -0.15) is 11.8 Å². The van der Waals surface area contributed by atoms with Crippen LogP contribution in [0.5, 0.6) is 0 Å². The third kappa shape index (κ3) is 5.96. The van der Waals surface area contributed by atoms with Gasteiger partial charge in [0.05, 0.1) is 0 Å². The van der Waals surface area contributed by atoms with Crippen LogP contribution in [0, 0.1) is 5.92 Å². The van der Waals surface area contributed by atoms with Crippen LogP contribution in [0.15, 0.2) is 4.99 Å². The number of hydrogen-bond donors (Lipinski definition) is 2. The van der Waals surface area contributed by atoms with E-state index in [0.717, 1.165) is 37.1 Å². The SMILES string of the molecule is CCNC(=NCC1CCSCC1)NC1CC(C)N(C2CC2)C1.I. The van der Waals surface area contributed by atoms with Gasteiger partial charge in [0.1, 0.15) is 0 Å². The molecular weight excluding hydrogens is 419 g/mol. The quantitative estimate of drug-likeness (QED) is 0.382. The summed E-state index contributed by atoms with van der Waals surface area (Å²) in [6.45, 7) is 7.66. The average Bonchev–Trinajstić information content (AvgIpc) is 3.30. The molecule has 0 radical (unpaired) electrons. The first kappa shape index (κ1) is 19.6. The molecule has 0 spiro atoms. The predicted molar refractivity (Wildman–Crippen MR) is 112 cm³/mol. The van der Waals surface area contributed by atoms with Crippen LogP contribution < -0.4 is 10.6 Å². The molecule has 134 valence electrons. The van der Waals surface area contributed by atoms with Crippen molar-refractivity contribution in [2.45, 2.75) is 64.1 Å². The van der Waals surface area contributed by atoms with Crippen molar-refractivity contribution in [3.8, 4) is 0 Å².